The molecule has 0 bridgehead atoms. The van der Waals surface area contributed by atoms with E-state index in [1.165, 1.54) is 5.56 Å². The van der Waals surface area contributed by atoms with Crippen LogP contribution >= 0.6 is 0 Å². The third-order valence-corrected chi connectivity index (χ3v) is 10.4. The number of benzene rings is 8. The highest BCUT2D eigenvalue weighted by molar-refractivity contribution is 6.16. The van der Waals surface area contributed by atoms with Crippen molar-refractivity contribution in [2.24, 2.45) is 0 Å². The lowest BCUT2D eigenvalue weighted by Gasteiger charge is -2.14. The summed E-state index contributed by atoms with van der Waals surface area (Å²) in [6, 6.07) is 68.2. The molecule has 0 spiro atoms. The Balaban J connectivity index is 1.14. The number of nitriles is 1. The van der Waals surface area contributed by atoms with E-state index in [0.717, 1.165) is 77.6 Å². The molecule has 5 nitrogen and oxygen atoms in total. The Morgan fingerprint density at radius 1 is 0.368 bits per heavy atom. The maximum atomic E-state index is 9.52. The van der Waals surface area contributed by atoms with E-state index in [9.17, 15) is 5.26 Å². The first-order valence-electron chi connectivity index (χ1n) is 18.8. The van der Waals surface area contributed by atoms with E-state index in [4.69, 9.17) is 19.4 Å². The Kier molecular flexibility index (Phi) is 8.48. The average Bonchev–Trinajstić information content (AvgIpc) is 3.67. The summed E-state index contributed by atoms with van der Waals surface area (Å²) in [5.74, 6) is 1.67. The molecule has 2 aromatic heterocycles. The summed E-state index contributed by atoms with van der Waals surface area (Å²) in [6.07, 6.45) is 0. The van der Waals surface area contributed by atoms with E-state index in [2.05, 4.69) is 109 Å². The van der Waals surface area contributed by atoms with Crippen LogP contribution in [0.15, 0.2) is 199 Å². The molecule has 0 N–H and O–H groups in total. The molecule has 0 atom stereocenters. The van der Waals surface area contributed by atoms with Crippen molar-refractivity contribution in [1.82, 2.24) is 15.0 Å². The molecule has 0 saturated heterocycles. The third-order valence-electron chi connectivity index (χ3n) is 10.4. The van der Waals surface area contributed by atoms with Crippen LogP contribution in [0.4, 0.5) is 0 Å². The highest BCUT2D eigenvalue weighted by atomic mass is 16.3. The van der Waals surface area contributed by atoms with Crippen molar-refractivity contribution in [2.45, 2.75) is 0 Å². The number of furan rings is 1. The molecular formula is C52H32N4O. The normalized spacial score (nSPS) is 11.1. The molecule has 8 aromatic carbocycles. The topological polar surface area (TPSA) is 75.6 Å². The molecule has 10 aromatic rings. The van der Waals surface area contributed by atoms with Crippen LogP contribution in [0.25, 0.3) is 101 Å². The predicted molar refractivity (Wildman–Crippen MR) is 230 cm³/mol. The Hall–Kier alpha value is -7.94. The zero-order valence-electron chi connectivity index (χ0n) is 30.7. The summed E-state index contributed by atoms with van der Waals surface area (Å²) in [5, 5.41) is 11.6. The van der Waals surface area contributed by atoms with E-state index >= 15 is 0 Å². The van der Waals surface area contributed by atoms with Crippen molar-refractivity contribution < 1.29 is 4.42 Å². The van der Waals surface area contributed by atoms with Gasteiger partial charge in [-0.15, -0.1) is 0 Å². The number of fused-ring (bicyclic) bond motifs is 3. The minimum absolute atomic E-state index is 0.541. The summed E-state index contributed by atoms with van der Waals surface area (Å²) in [4.78, 5) is 15.1. The van der Waals surface area contributed by atoms with Crippen LogP contribution in [0.5, 0.6) is 0 Å². The second-order valence-electron chi connectivity index (χ2n) is 13.9. The van der Waals surface area contributed by atoms with Gasteiger partial charge in [0.1, 0.15) is 11.2 Å². The van der Waals surface area contributed by atoms with Crippen LogP contribution in [-0.4, -0.2) is 15.0 Å². The van der Waals surface area contributed by atoms with Gasteiger partial charge in [-0.3, -0.25) is 0 Å². The first kappa shape index (κ1) is 33.6. The van der Waals surface area contributed by atoms with E-state index in [-0.39, 0.29) is 0 Å². The monoisotopic (exact) mass is 728 g/mol. The highest BCUT2D eigenvalue weighted by Gasteiger charge is 2.20. The summed E-state index contributed by atoms with van der Waals surface area (Å²) in [5.41, 5.74) is 13.5. The first-order chi connectivity index (χ1) is 28.2. The summed E-state index contributed by atoms with van der Waals surface area (Å²) in [6.45, 7) is 0. The third kappa shape index (κ3) is 6.42. The summed E-state index contributed by atoms with van der Waals surface area (Å²) in [7, 11) is 0. The standard InChI is InChI=1S/C52H32N4O/c53-33-34-13-10-20-38(29-34)40-22-12-24-42(31-40)51-54-50(37-18-8-3-9-19-37)55-52(56-51)43-25-26-45-47(32-43)57-46-28-27-44(36-16-6-2-7-17-36)48(49(45)46)41-23-11-21-39(30-41)35-14-4-1-5-15-35/h1-32H. The predicted octanol–water partition coefficient (Wildman–Crippen LogP) is 13.3. The van der Waals surface area contributed by atoms with Gasteiger partial charge in [-0.05, 0) is 81.4 Å². The quantitative estimate of drug-likeness (QED) is 0.163. The maximum absolute atomic E-state index is 9.52. The van der Waals surface area contributed by atoms with Crippen LogP contribution in [0, 0.1) is 11.3 Å². The molecule has 0 aliphatic carbocycles. The fourth-order valence-electron chi connectivity index (χ4n) is 7.61. The molecule has 2 heterocycles. The van der Waals surface area contributed by atoms with E-state index in [1.807, 2.05) is 91.0 Å². The molecule has 0 aliphatic heterocycles. The largest absolute Gasteiger partial charge is 0.456 e. The van der Waals surface area contributed by atoms with Crippen molar-refractivity contribution in [3.8, 4) is 84.7 Å². The van der Waals surface area contributed by atoms with E-state index in [0.29, 0.717) is 23.0 Å². The molecule has 0 radical (unpaired) electrons. The SMILES string of the molecule is N#Cc1cccc(-c2cccc(-c3nc(-c4ccccc4)nc(-c4ccc5c(c4)oc4ccc(-c6ccccc6)c(-c6cccc(-c7ccccc7)c6)c45)n3)c2)c1. The number of aromatic nitrogens is 3. The minimum atomic E-state index is 0.541. The van der Waals surface area contributed by atoms with Gasteiger partial charge in [0.2, 0.25) is 0 Å². The van der Waals surface area contributed by atoms with Crippen LogP contribution in [0.3, 0.4) is 0 Å². The Bertz CT molecular complexity index is 3130. The summed E-state index contributed by atoms with van der Waals surface area (Å²) >= 11 is 0. The smallest absolute Gasteiger partial charge is 0.164 e. The zero-order chi connectivity index (χ0) is 38.1. The minimum Gasteiger partial charge on any atom is -0.456 e. The van der Waals surface area contributed by atoms with Crippen molar-refractivity contribution >= 4 is 21.9 Å². The van der Waals surface area contributed by atoms with Gasteiger partial charge in [-0.25, -0.2) is 15.0 Å². The molecule has 0 saturated carbocycles. The molecule has 5 heteroatoms. The number of rotatable bonds is 7. The van der Waals surface area contributed by atoms with Crippen molar-refractivity contribution in [1.29, 1.82) is 5.26 Å². The number of hydrogen-bond acceptors (Lipinski definition) is 5. The summed E-state index contributed by atoms with van der Waals surface area (Å²) < 4.78 is 6.70. The lowest BCUT2D eigenvalue weighted by Crippen LogP contribution is -2.00. The lowest BCUT2D eigenvalue weighted by atomic mass is 9.89. The lowest BCUT2D eigenvalue weighted by molar-refractivity contribution is 0.669. The van der Waals surface area contributed by atoms with E-state index < -0.39 is 0 Å². The van der Waals surface area contributed by atoms with Gasteiger partial charge in [-0.1, -0.05) is 152 Å². The number of nitrogens with zero attached hydrogens (tertiary/aromatic N) is 4. The van der Waals surface area contributed by atoms with Crippen molar-refractivity contribution in [3.05, 3.63) is 200 Å². The van der Waals surface area contributed by atoms with Crippen LogP contribution in [-0.2, 0) is 0 Å². The van der Waals surface area contributed by atoms with Gasteiger partial charge in [0.05, 0.1) is 11.6 Å². The maximum Gasteiger partial charge on any atom is 0.164 e. The second kappa shape index (κ2) is 14.4. The van der Waals surface area contributed by atoms with Crippen molar-refractivity contribution in [3.63, 3.8) is 0 Å². The molecule has 0 unspecified atom stereocenters. The van der Waals surface area contributed by atoms with Crippen molar-refractivity contribution in [2.75, 3.05) is 0 Å². The van der Waals surface area contributed by atoms with Gasteiger partial charge in [-0.2, -0.15) is 5.26 Å². The fourth-order valence-corrected chi connectivity index (χ4v) is 7.61. The molecule has 0 amide bonds. The molecule has 266 valence electrons. The highest BCUT2D eigenvalue weighted by Crippen LogP contribution is 2.44. The molecule has 0 fully saturated rings. The van der Waals surface area contributed by atoms with Crippen LogP contribution in [0.2, 0.25) is 0 Å². The molecule has 10 rings (SSSR count). The van der Waals surface area contributed by atoms with Gasteiger partial charge in [0, 0.05) is 33.0 Å². The molecular weight excluding hydrogens is 697 g/mol. The Morgan fingerprint density at radius 3 is 1.56 bits per heavy atom. The molecule has 57 heavy (non-hydrogen) atoms. The fraction of sp³-hybridized carbons (Fsp3) is 0. The zero-order valence-corrected chi connectivity index (χ0v) is 30.7. The van der Waals surface area contributed by atoms with Gasteiger partial charge in [0.25, 0.3) is 0 Å². The second-order valence-corrected chi connectivity index (χ2v) is 13.9. The van der Waals surface area contributed by atoms with E-state index in [1.54, 1.807) is 0 Å². The van der Waals surface area contributed by atoms with Gasteiger partial charge < -0.3 is 4.42 Å². The molecule has 0 aliphatic rings. The number of hydrogen-bond donors (Lipinski definition) is 0. The van der Waals surface area contributed by atoms with Gasteiger partial charge >= 0.3 is 0 Å². The Morgan fingerprint density at radius 2 is 0.877 bits per heavy atom. The van der Waals surface area contributed by atoms with Gasteiger partial charge in [0.15, 0.2) is 17.5 Å². The van der Waals surface area contributed by atoms with Crippen LogP contribution in [0.1, 0.15) is 5.56 Å². The van der Waals surface area contributed by atoms with Crippen LogP contribution < -0.4 is 0 Å². The average molecular weight is 729 g/mol. The first-order valence-corrected chi connectivity index (χ1v) is 18.8. The Labute approximate surface area is 329 Å².